The average molecular weight is 247 g/mol. The molecule has 6 heteroatoms. The molecule has 0 aliphatic rings. The number of nitrogens with zero attached hydrogens (tertiary/aromatic N) is 1. The van der Waals surface area contributed by atoms with Crippen LogP contribution in [-0.4, -0.2) is 54.0 Å². The lowest BCUT2D eigenvalue weighted by atomic mass is 10.2. The van der Waals surface area contributed by atoms with Gasteiger partial charge in [0.05, 0.1) is 6.61 Å². The molecular formula is C11H21NO5. The van der Waals surface area contributed by atoms with Gasteiger partial charge in [0.15, 0.2) is 0 Å². The van der Waals surface area contributed by atoms with Crippen LogP contribution in [0, 0.1) is 0 Å². The molecule has 0 aliphatic heterocycles. The third-order valence-corrected chi connectivity index (χ3v) is 1.99. The highest BCUT2D eigenvalue weighted by Gasteiger charge is 2.29. The van der Waals surface area contributed by atoms with E-state index in [1.165, 1.54) is 14.0 Å². The number of methoxy groups -OCH3 is 1. The lowest BCUT2D eigenvalue weighted by Gasteiger charge is -2.29. The van der Waals surface area contributed by atoms with Crippen LogP contribution in [-0.2, 0) is 14.3 Å². The number of amides is 1. The zero-order chi connectivity index (χ0) is 13.6. The Morgan fingerprint density at radius 3 is 2.24 bits per heavy atom. The van der Waals surface area contributed by atoms with Crippen LogP contribution in [0.4, 0.5) is 4.79 Å². The van der Waals surface area contributed by atoms with Crippen LogP contribution in [0.1, 0.15) is 27.7 Å². The number of carboxylic acid groups (broad SMARTS) is 1. The number of carbonyl (C=O) groups excluding carboxylic acids is 1. The number of ether oxygens (including phenoxy) is 2. The van der Waals surface area contributed by atoms with Crippen molar-refractivity contribution in [3.8, 4) is 0 Å². The van der Waals surface area contributed by atoms with Gasteiger partial charge in [0.25, 0.3) is 0 Å². The predicted octanol–water partition coefficient (Wildman–Crippen LogP) is 1.34. The molecule has 0 bridgehead atoms. The van der Waals surface area contributed by atoms with E-state index in [0.717, 1.165) is 4.90 Å². The zero-order valence-corrected chi connectivity index (χ0v) is 11.0. The molecule has 0 fully saturated rings. The summed E-state index contributed by atoms with van der Waals surface area (Å²) in [5.41, 5.74) is -0.652. The fourth-order valence-electron chi connectivity index (χ4n) is 1.09. The van der Waals surface area contributed by atoms with Crippen LogP contribution in [0.3, 0.4) is 0 Å². The molecule has 0 aromatic rings. The predicted molar refractivity (Wildman–Crippen MR) is 61.9 cm³/mol. The van der Waals surface area contributed by atoms with E-state index in [2.05, 4.69) is 0 Å². The zero-order valence-electron chi connectivity index (χ0n) is 11.0. The second-order valence-electron chi connectivity index (χ2n) is 4.68. The van der Waals surface area contributed by atoms with Crippen molar-refractivity contribution in [2.45, 2.75) is 39.3 Å². The van der Waals surface area contributed by atoms with E-state index in [9.17, 15) is 9.59 Å². The minimum absolute atomic E-state index is 0.179. The summed E-state index contributed by atoms with van der Waals surface area (Å²) in [5.74, 6) is -1.08. The molecule has 1 amide bonds. The SMILES string of the molecule is COCCN(C(=O)OC(C)(C)C)[C@@H](C)C(=O)O. The Bertz CT molecular complexity index is 272. The van der Waals surface area contributed by atoms with Crippen molar-refractivity contribution in [3.05, 3.63) is 0 Å². The van der Waals surface area contributed by atoms with Crippen LogP contribution in [0.2, 0.25) is 0 Å². The lowest BCUT2D eigenvalue weighted by molar-refractivity contribution is -0.142. The Hall–Kier alpha value is -1.30. The second kappa shape index (κ2) is 6.44. The summed E-state index contributed by atoms with van der Waals surface area (Å²) in [7, 11) is 1.48. The molecule has 1 atom stereocenters. The first-order valence-corrected chi connectivity index (χ1v) is 5.40. The van der Waals surface area contributed by atoms with Crippen LogP contribution in [0.15, 0.2) is 0 Å². The first-order valence-electron chi connectivity index (χ1n) is 5.40. The molecule has 0 saturated heterocycles. The van der Waals surface area contributed by atoms with Gasteiger partial charge < -0.3 is 14.6 Å². The molecule has 6 nitrogen and oxygen atoms in total. The summed E-state index contributed by atoms with van der Waals surface area (Å²) in [5, 5.41) is 8.91. The fourth-order valence-corrected chi connectivity index (χ4v) is 1.09. The Labute approximate surface area is 101 Å². The van der Waals surface area contributed by atoms with Crippen LogP contribution < -0.4 is 0 Å². The van der Waals surface area contributed by atoms with Crippen molar-refractivity contribution in [2.75, 3.05) is 20.3 Å². The van der Waals surface area contributed by atoms with E-state index in [0.29, 0.717) is 0 Å². The van der Waals surface area contributed by atoms with Crippen molar-refractivity contribution in [2.24, 2.45) is 0 Å². The van der Waals surface area contributed by atoms with E-state index in [-0.39, 0.29) is 13.2 Å². The Kier molecular flexibility index (Phi) is 5.95. The monoisotopic (exact) mass is 247 g/mol. The first-order chi connectivity index (χ1) is 7.69. The van der Waals surface area contributed by atoms with Crippen LogP contribution >= 0.6 is 0 Å². The normalized spacial score (nSPS) is 13.0. The van der Waals surface area contributed by atoms with Crippen molar-refractivity contribution in [1.29, 1.82) is 0 Å². The maximum atomic E-state index is 11.8. The van der Waals surface area contributed by atoms with Gasteiger partial charge in [0.1, 0.15) is 11.6 Å². The molecule has 0 spiro atoms. The molecule has 0 unspecified atom stereocenters. The maximum Gasteiger partial charge on any atom is 0.411 e. The molecule has 0 aliphatic carbocycles. The average Bonchev–Trinajstić information content (AvgIpc) is 2.15. The molecule has 100 valence electrons. The quantitative estimate of drug-likeness (QED) is 0.793. The largest absolute Gasteiger partial charge is 0.480 e. The van der Waals surface area contributed by atoms with Gasteiger partial charge in [-0.3, -0.25) is 4.90 Å². The van der Waals surface area contributed by atoms with Gasteiger partial charge >= 0.3 is 12.1 Å². The summed E-state index contributed by atoms with van der Waals surface area (Å²) in [6.45, 7) is 7.05. The van der Waals surface area contributed by atoms with Gasteiger partial charge in [-0.05, 0) is 27.7 Å². The molecule has 0 aromatic heterocycles. The maximum absolute atomic E-state index is 11.8. The first kappa shape index (κ1) is 15.7. The van der Waals surface area contributed by atoms with Gasteiger partial charge in [-0.15, -0.1) is 0 Å². The Morgan fingerprint density at radius 1 is 1.35 bits per heavy atom. The topological polar surface area (TPSA) is 76.1 Å². The standard InChI is InChI=1S/C11H21NO5/c1-8(9(13)14)12(6-7-16-5)10(15)17-11(2,3)4/h8H,6-7H2,1-5H3,(H,13,14)/t8-/m0/s1. The molecule has 0 rings (SSSR count). The van der Waals surface area contributed by atoms with Gasteiger partial charge in [-0.1, -0.05) is 0 Å². The minimum atomic E-state index is -1.08. The van der Waals surface area contributed by atoms with Crippen molar-refractivity contribution in [3.63, 3.8) is 0 Å². The molecule has 17 heavy (non-hydrogen) atoms. The molecule has 0 radical (unpaired) electrons. The summed E-state index contributed by atoms with van der Waals surface area (Å²) in [6, 6.07) is -0.944. The molecule has 1 N–H and O–H groups in total. The second-order valence-corrected chi connectivity index (χ2v) is 4.68. The van der Waals surface area contributed by atoms with E-state index in [1.807, 2.05) is 0 Å². The Morgan fingerprint density at radius 2 is 1.88 bits per heavy atom. The number of carboxylic acids is 1. The number of hydrogen-bond donors (Lipinski definition) is 1. The number of rotatable bonds is 5. The van der Waals surface area contributed by atoms with Gasteiger partial charge in [0.2, 0.25) is 0 Å². The molecule has 0 heterocycles. The molecule has 0 saturated carbocycles. The fraction of sp³-hybridized carbons (Fsp3) is 0.818. The minimum Gasteiger partial charge on any atom is -0.480 e. The summed E-state index contributed by atoms with van der Waals surface area (Å²) < 4.78 is 9.98. The van der Waals surface area contributed by atoms with Crippen molar-refractivity contribution < 1.29 is 24.2 Å². The third-order valence-electron chi connectivity index (χ3n) is 1.99. The molecular weight excluding hydrogens is 226 g/mol. The Balaban J connectivity index is 4.67. The lowest BCUT2D eigenvalue weighted by Crippen LogP contribution is -2.47. The van der Waals surface area contributed by atoms with Gasteiger partial charge in [-0.25, -0.2) is 9.59 Å². The number of aliphatic carboxylic acids is 1. The summed E-state index contributed by atoms with van der Waals surface area (Å²) in [6.07, 6.45) is -0.649. The van der Waals surface area contributed by atoms with E-state index < -0.39 is 23.7 Å². The van der Waals surface area contributed by atoms with Gasteiger partial charge in [0, 0.05) is 13.7 Å². The highest BCUT2D eigenvalue weighted by atomic mass is 16.6. The molecule has 0 aromatic carbocycles. The highest BCUT2D eigenvalue weighted by molar-refractivity contribution is 5.79. The number of carbonyl (C=O) groups is 2. The van der Waals surface area contributed by atoms with Crippen molar-refractivity contribution in [1.82, 2.24) is 4.90 Å². The number of hydrogen-bond acceptors (Lipinski definition) is 4. The van der Waals surface area contributed by atoms with Crippen LogP contribution in [0.5, 0.6) is 0 Å². The van der Waals surface area contributed by atoms with E-state index in [4.69, 9.17) is 14.6 Å². The van der Waals surface area contributed by atoms with Crippen LogP contribution in [0.25, 0.3) is 0 Å². The third kappa shape index (κ3) is 6.11. The van der Waals surface area contributed by atoms with E-state index >= 15 is 0 Å². The van der Waals surface area contributed by atoms with E-state index in [1.54, 1.807) is 20.8 Å². The smallest absolute Gasteiger partial charge is 0.411 e. The highest BCUT2D eigenvalue weighted by Crippen LogP contribution is 2.12. The van der Waals surface area contributed by atoms with Gasteiger partial charge in [-0.2, -0.15) is 0 Å². The summed E-state index contributed by atoms with van der Waals surface area (Å²) in [4.78, 5) is 23.8. The summed E-state index contributed by atoms with van der Waals surface area (Å²) >= 11 is 0. The van der Waals surface area contributed by atoms with Crippen molar-refractivity contribution >= 4 is 12.1 Å².